The largest absolute Gasteiger partial charge is 0.351 e. The van der Waals surface area contributed by atoms with Crippen LogP contribution in [0.2, 0.25) is 0 Å². The molecule has 3 nitrogen and oxygen atoms in total. The SMILES string of the molecule is CCCC(N)C(=O)NCc1ccc2ccccc2c1. The first-order valence-electron chi connectivity index (χ1n) is 6.71. The van der Waals surface area contributed by atoms with Gasteiger partial charge in [-0.3, -0.25) is 4.79 Å². The van der Waals surface area contributed by atoms with Gasteiger partial charge in [0.05, 0.1) is 6.04 Å². The summed E-state index contributed by atoms with van der Waals surface area (Å²) in [5, 5.41) is 5.28. The minimum absolute atomic E-state index is 0.0741. The van der Waals surface area contributed by atoms with Gasteiger partial charge in [-0.2, -0.15) is 0 Å². The summed E-state index contributed by atoms with van der Waals surface area (Å²) < 4.78 is 0. The number of amides is 1. The van der Waals surface area contributed by atoms with Crippen molar-refractivity contribution in [3.05, 3.63) is 48.0 Å². The van der Waals surface area contributed by atoms with E-state index in [2.05, 4.69) is 29.6 Å². The number of nitrogens with two attached hydrogens (primary N) is 1. The number of hydrogen-bond donors (Lipinski definition) is 2. The summed E-state index contributed by atoms with van der Waals surface area (Å²) in [7, 11) is 0. The molecule has 0 radical (unpaired) electrons. The van der Waals surface area contributed by atoms with Crippen LogP contribution in [-0.2, 0) is 11.3 Å². The van der Waals surface area contributed by atoms with Crippen LogP contribution in [0, 0.1) is 0 Å². The number of hydrogen-bond acceptors (Lipinski definition) is 2. The third-order valence-electron chi connectivity index (χ3n) is 3.22. The minimum Gasteiger partial charge on any atom is -0.351 e. The van der Waals surface area contributed by atoms with Crippen LogP contribution in [0.3, 0.4) is 0 Å². The predicted molar refractivity (Wildman–Crippen MR) is 78.7 cm³/mol. The minimum atomic E-state index is -0.398. The van der Waals surface area contributed by atoms with Crippen LogP contribution >= 0.6 is 0 Å². The molecule has 0 saturated carbocycles. The molecule has 2 rings (SSSR count). The van der Waals surface area contributed by atoms with Crippen molar-refractivity contribution >= 4 is 16.7 Å². The summed E-state index contributed by atoms with van der Waals surface area (Å²) in [6.45, 7) is 2.55. The molecule has 0 aliphatic carbocycles. The monoisotopic (exact) mass is 256 g/mol. The summed E-state index contributed by atoms with van der Waals surface area (Å²) in [4.78, 5) is 11.7. The first-order valence-corrected chi connectivity index (χ1v) is 6.71. The van der Waals surface area contributed by atoms with E-state index in [0.29, 0.717) is 6.54 Å². The lowest BCUT2D eigenvalue weighted by atomic mass is 10.1. The molecule has 3 N–H and O–H groups in total. The lowest BCUT2D eigenvalue weighted by molar-refractivity contribution is -0.122. The van der Waals surface area contributed by atoms with Crippen molar-refractivity contribution in [1.29, 1.82) is 0 Å². The van der Waals surface area contributed by atoms with Gasteiger partial charge < -0.3 is 11.1 Å². The van der Waals surface area contributed by atoms with Crippen LogP contribution in [0.4, 0.5) is 0 Å². The Bertz CT molecular complexity index is 565. The Morgan fingerprint density at radius 1 is 1.21 bits per heavy atom. The van der Waals surface area contributed by atoms with Crippen LogP contribution in [0.15, 0.2) is 42.5 Å². The summed E-state index contributed by atoms with van der Waals surface area (Å²) in [6, 6.07) is 14.0. The molecule has 1 unspecified atom stereocenters. The molecule has 0 saturated heterocycles. The van der Waals surface area contributed by atoms with E-state index in [0.717, 1.165) is 18.4 Å². The highest BCUT2D eigenvalue weighted by atomic mass is 16.2. The summed E-state index contributed by atoms with van der Waals surface area (Å²) >= 11 is 0. The van der Waals surface area contributed by atoms with E-state index < -0.39 is 6.04 Å². The molecule has 0 aromatic heterocycles. The van der Waals surface area contributed by atoms with E-state index in [1.54, 1.807) is 0 Å². The Labute approximate surface area is 113 Å². The van der Waals surface area contributed by atoms with Gasteiger partial charge >= 0.3 is 0 Å². The summed E-state index contributed by atoms with van der Waals surface area (Å²) in [6.07, 6.45) is 1.65. The van der Waals surface area contributed by atoms with Gasteiger partial charge in [0.2, 0.25) is 5.91 Å². The number of nitrogens with one attached hydrogen (secondary N) is 1. The highest BCUT2D eigenvalue weighted by Crippen LogP contribution is 2.15. The zero-order valence-corrected chi connectivity index (χ0v) is 11.2. The number of carbonyl (C=O) groups is 1. The fourth-order valence-corrected chi connectivity index (χ4v) is 2.11. The van der Waals surface area contributed by atoms with Gasteiger partial charge in [-0.15, -0.1) is 0 Å². The highest BCUT2D eigenvalue weighted by molar-refractivity contribution is 5.84. The Morgan fingerprint density at radius 3 is 2.68 bits per heavy atom. The number of fused-ring (bicyclic) bond motifs is 1. The quantitative estimate of drug-likeness (QED) is 0.864. The van der Waals surface area contributed by atoms with Gasteiger partial charge in [-0.05, 0) is 28.8 Å². The molecule has 0 fully saturated rings. The fraction of sp³-hybridized carbons (Fsp3) is 0.312. The molecule has 0 heterocycles. The molecule has 2 aromatic rings. The van der Waals surface area contributed by atoms with E-state index in [-0.39, 0.29) is 5.91 Å². The number of benzene rings is 2. The summed E-state index contributed by atoms with van der Waals surface area (Å²) in [5.74, 6) is -0.0741. The zero-order chi connectivity index (χ0) is 13.7. The van der Waals surface area contributed by atoms with Gasteiger partial charge in [0.1, 0.15) is 0 Å². The van der Waals surface area contributed by atoms with E-state index in [1.165, 1.54) is 10.8 Å². The Morgan fingerprint density at radius 2 is 1.95 bits per heavy atom. The molecule has 1 amide bonds. The summed E-state index contributed by atoms with van der Waals surface area (Å²) in [5.41, 5.74) is 6.86. The predicted octanol–water partition coefficient (Wildman–Crippen LogP) is 2.58. The van der Waals surface area contributed by atoms with Crippen molar-refractivity contribution in [2.75, 3.05) is 0 Å². The van der Waals surface area contributed by atoms with Crippen LogP contribution in [0.25, 0.3) is 10.8 Å². The van der Waals surface area contributed by atoms with Gasteiger partial charge in [-0.1, -0.05) is 49.7 Å². The molecule has 19 heavy (non-hydrogen) atoms. The second kappa shape index (κ2) is 6.34. The van der Waals surface area contributed by atoms with Gasteiger partial charge in [0, 0.05) is 6.54 Å². The average Bonchev–Trinajstić information content (AvgIpc) is 2.44. The van der Waals surface area contributed by atoms with E-state index >= 15 is 0 Å². The van der Waals surface area contributed by atoms with Crippen molar-refractivity contribution in [2.24, 2.45) is 5.73 Å². The number of carbonyl (C=O) groups excluding carboxylic acids is 1. The smallest absolute Gasteiger partial charge is 0.237 e. The molecule has 0 bridgehead atoms. The maximum absolute atomic E-state index is 11.7. The Hall–Kier alpha value is -1.87. The molecule has 2 aromatic carbocycles. The third kappa shape index (κ3) is 3.55. The van der Waals surface area contributed by atoms with E-state index in [4.69, 9.17) is 5.73 Å². The Kier molecular flexibility index (Phi) is 4.53. The van der Waals surface area contributed by atoms with Crippen molar-refractivity contribution in [2.45, 2.75) is 32.4 Å². The molecule has 1 atom stereocenters. The molecule has 0 spiro atoms. The molecule has 0 aliphatic heterocycles. The maximum Gasteiger partial charge on any atom is 0.237 e. The van der Waals surface area contributed by atoms with E-state index in [9.17, 15) is 4.79 Å². The van der Waals surface area contributed by atoms with Crippen molar-refractivity contribution in [3.63, 3.8) is 0 Å². The van der Waals surface area contributed by atoms with Crippen molar-refractivity contribution < 1.29 is 4.79 Å². The van der Waals surface area contributed by atoms with Crippen molar-refractivity contribution in [1.82, 2.24) is 5.32 Å². The fourth-order valence-electron chi connectivity index (χ4n) is 2.11. The van der Waals surface area contributed by atoms with Crippen LogP contribution in [0.5, 0.6) is 0 Å². The highest BCUT2D eigenvalue weighted by Gasteiger charge is 2.11. The third-order valence-corrected chi connectivity index (χ3v) is 3.22. The Balaban J connectivity index is 2.00. The zero-order valence-electron chi connectivity index (χ0n) is 11.2. The van der Waals surface area contributed by atoms with Gasteiger partial charge in [0.15, 0.2) is 0 Å². The van der Waals surface area contributed by atoms with Gasteiger partial charge in [0.25, 0.3) is 0 Å². The van der Waals surface area contributed by atoms with Crippen LogP contribution < -0.4 is 11.1 Å². The van der Waals surface area contributed by atoms with E-state index in [1.807, 2.05) is 25.1 Å². The normalized spacial score (nSPS) is 12.3. The topological polar surface area (TPSA) is 55.1 Å². The molecular formula is C16H20N2O. The lowest BCUT2D eigenvalue weighted by Crippen LogP contribution is -2.40. The second-order valence-electron chi connectivity index (χ2n) is 4.79. The standard InChI is InChI=1S/C16H20N2O/c1-2-5-15(17)16(19)18-11-12-8-9-13-6-3-4-7-14(13)10-12/h3-4,6-10,15H,2,5,11,17H2,1H3,(H,18,19). The molecule has 100 valence electrons. The van der Waals surface area contributed by atoms with Crippen LogP contribution in [0.1, 0.15) is 25.3 Å². The van der Waals surface area contributed by atoms with Crippen molar-refractivity contribution in [3.8, 4) is 0 Å². The molecule has 3 heteroatoms. The second-order valence-corrected chi connectivity index (χ2v) is 4.79. The van der Waals surface area contributed by atoms with Gasteiger partial charge in [-0.25, -0.2) is 0 Å². The average molecular weight is 256 g/mol. The first kappa shape index (κ1) is 13.6. The molecular weight excluding hydrogens is 236 g/mol. The molecule has 0 aliphatic rings. The first-order chi connectivity index (χ1) is 9.20. The maximum atomic E-state index is 11.7. The van der Waals surface area contributed by atoms with Crippen LogP contribution in [-0.4, -0.2) is 11.9 Å². The number of rotatable bonds is 5. The lowest BCUT2D eigenvalue weighted by Gasteiger charge is -2.11.